The molecule has 2 N–H and O–H groups in total. The van der Waals surface area contributed by atoms with Crippen molar-refractivity contribution < 1.29 is 0 Å². The molecule has 2 aromatic rings. The standard InChI is InChI=1S/C14H18ClN3S/c1-19-11-5-3-10(4-6-11)18-13-8-9(15)2-7-12(13)17-14(18)16/h2,7-8,10-11H,3-6H2,1H3,(H2,16,17). The van der Waals surface area contributed by atoms with Crippen LogP contribution < -0.4 is 5.73 Å². The van der Waals surface area contributed by atoms with Crippen LogP contribution in [0.1, 0.15) is 31.7 Å². The third-order valence-corrected chi connectivity index (χ3v) is 5.39. The first kappa shape index (κ1) is 13.1. The van der Waals surface area contributed by atoms with Crippen LogP contribution in [0, 0.1) is 0 Å². The highest BCUT2D eigenvalue weighted by Crippen LogP contribution is 2.37. The zero-order chi connectivity index (χ0) is 13.4. The Morgan fingerprint density at radius 3 is 2.74 bits per heavy atom. The molecule has 3 rings (SSSR count). The van der Waals surface area contributed by atoms with Gasteiger partial charge in [0.25, 0.3) is 0 Å². The fraction of sp³-hybridized carbons (Fsp3) is 0.500. The van der Waals surface area contributed by atoms with Crippen LogP contribution in [0.4, 0.5) is 5.95 Å². The Kier molecular flexibility index (Phi) is 3.63. The zero-order valence-electron chi connectivity index (χ0n) is 11.0. The van der Waals surface area contributed by atoms with E-state index in [1.807, 2.05) is 30.0 Å². The molecule has 0 saturated heterocycles. The van der Waals surface area contributed by atoms with E-state index in [1.165, 1.54) is 25.7 Å². The predicted octanol–water partition coefficient (Wildman–Crippen LogP) is 4.12. The predicted molar refractivity (Wildman–Crippen MR) is 84.0 cm³/mol. The summed E-state index contributed by atoms with van der Waals surface area (Å²) in [5.41, 5.74) is 8.11. The molecule has 0 atom stereocenters. The van der Waals surface area contributed by atoms with E-state index in [0.29, 0.717) is 12.0 Å². The lowest BCUT2D eigenvalue weighted by Gasteiger charge is -2.29. The van der Waals surface area contributed by atoms with E-state index in [9.17, 15) is 0 Å². The lowest BCUT2D eigenvalue weighted by atomic mass is 9.94. The van der Waals surface area contributed by atoms with E-state index in [4.69, 9.17) is 17.3 Å². The van der Waals surface area contributed by atoms with Crippen molar-refractivity contribution in [3.05, 3.63) is 23.2 Å². The summed E-state index contributed by atoms with van der Waals surface area (Å²) in [7, 11) is 0. The number of hydrogen-bond acceptors (Lipinski definition) is 3. The summed E-state index contributed by atoms with van der Waals surface area (Å²) >= 11 is 8.08. The monoisotopic (exact) mass is 295 g/mol. The van der Waals surface area contributed by atoms with Gasteiger partial charge in [-0.3, -0.25) is 0 Å². The van der Waals surface area contributed by atoms with Gasteiger partial charge in [-0.05, 0) is 50.1 Å². The molecule has 1 aromatic carbocycles. The second-order valence-electron chi connectivity index (χ2n) is 5.14. The first-order valence-electron chi connectivity index (χ1n) is 6.65. The highest BCUT2D eigenvalue weighted by atomic mass is 35.5. The number of nitrogens with two attached hydrogens (primary N) is 1. The Balaban J connectivity index is 1.96. The Hall–Kier alpha value is -0.870. The van der Waals surface area contributed by atoms with Crippen molar-refractivity contribution in [3.8, 4) is 0 Å². The van der Waals surface area contributed by atoms with Gasteiger partial charge in [-0.2, -0.15) is 11.8 Å². The molecule has 0 unspecified atom stereocenters. The molecule has 1 aliphatic rings. The van der Waals surface area contributed by atoms with Gasteiger partial charge in [0.15, 0.2) is 0 Å². The number of nitrogens with zero attached hydrogens (tertiary/aromatic N) is 2. The number of rotatable bonds is 2. The molecule has 0 radical (unpaired) electrons. The topological polar surface area (TPSA) is 43.8 Å². The molecule has 19 heavy (non-hydrogen) atoms. The number of imidazole rings is 1. The van der Waals surface area contributed by atoms with Crippen LogP contribution in [0.2, 0.25) is 5.02 Å². The Morgan fingerprint density at radius 1 is 1.32 bits per heavy atom. The minimum atomic E-state index is 0.465. The second kappa shape index (κ2) is 5.25. The molecular formula is C14H18ClN3S. The van der Waals surface area contributed by atoms with Crippen molar-refractivity contribution in [1.82, 2.24) is 9.55 Å². The van der Waals surface area contributed by atoms with Crippen molar-refractivity contribution in [2.75, 3.05) is 12.0 Å². The summed E-state index contributed by atoms with van der Waals surface area (Å²) in [5, 5.41) is 1.54. The minimum absolute atomic E-state index is 0.465. The van der Waals surface area contributed by atoms with Crippen LogP contribution in [0.15, 0.2) is 18.2 Å². The highest BCUT2D eigenvalue weighted by molar-refractivity contribution is 7.99. The number of aromatic nitrogens is 2. The number of benzene rings is 1. The number of anilines is 1. The van der Waals surface area contributed by atoms with E-state index in [-0.39, 0.29) is 0 Å². The van der Waals surface area contributed by atoms with Gasteiger partial charge in [0, 0.05) is 16.3 Å². The van der Waals surface area contributed by atoms with Gasteiger partial charge in [-0.25, -0.2) is 4.98 Å². The number of hydrogen-bond donors (Lipinski definition) is 1. The molecule has 1 aliphatic carbocycles. The SMILES string of the molecule is CSC1CCC(n2c(N)nc3ccc(Cl)cc32)CC1. The molecule has 1 aromatic heterocycles. The van der Waals surface area contributed by atoms with Gasteiger partial charge in [0.2, 0.25) is 5.95 Å². The Bertz CT molecular complexity index is 588. The van der Waals surface area contributed by atoms with Crippen molar-refractivity contribution in [2.45, 2.75) is 37.0 Å². The van der Waals surface area contributed by atoms with E-state index in [2.05, 4.69) is 15.8 Å². The number of nitrogen functional groups attached to an aromatic ring is 1. The molecule has 102 valence electrons. The summed E-state index contributed by atoms with van der Waals surface area (Å²) in [6.07, 6.45) is 7.06. The molecule has 1 saturated carbocycles. The summed E-state index contributed by atoms with van der Waals surface area (Å²) in [4.78, 5) is 4.45. The van der Waals surface area contributed by atoms with Crippen LogP contribution in [0.3, 0.4) is 0 Å². The fourth-order valence-electron chi connectivity index (χ4n) is 3.01. The van der Waals surface area contributed by atoms with Gasteiger partial charge >= 0.3 is 0 Å². The number of halogens is 1. The first-order valence-corrected chi connectivity index (χ1v) is 8.31. The Morgan fingerprint density at radius 2 is 2.05 bits per heavy atom. The Labute approximate surface area is 122 Å². The van der Waals surface area contributed by atoms with Crippen LogP contribution >= 0.6 is 23.4 Å². The van der Waals surface area contributed by atoms with Crippen molar-refractivity contribution >= 4 is 40.3 Å². The van der Waals surface area contributed by atoms with Gasteiger partial charge in [0.1, 0.15) is 0 Å². The van der Waals surface area contributed by atoms with E-state index in [1.54, 1.807) is 0 Å². The summed E-state index contributed by atoms with van der Waals surface area (Å²) in [6.45, 7) is 0. The fourth-order valence-corrected chi connectivity index (χ4v) is 3.92. The van der Waals surface area contributed by atoms with Gasteiger partial charge in [0.05, 0.1) is 11.0 Å². The van der Waals surface area contributed by atoms with Crippen molar-refractivity contribution in [1.29, 1.82) is 0 Å². The van der Waals surface area contributed by atoms with Gasteiger partial charge in [-0.15, -0.1) is 0 Å². The first-order chi connectivity index (χ1) is 9.19. The third-order valence-electron chi connectivity index (χ3n) is 4.02. The van der Waals surface area contributed by atoms with Gasteiger partial charge in [-0.1, -0.05) is 11.6 Å². The summed E-state index contributed by atoms with van der Waals surface area (Å²) in [5.74, 6) is 0.616. The average molecular weight is 296 g/mol. The molecule has 3 nitrogen and oxygen atoms in total. The quantitative estimate of drug-likeness (QED) is 0.906. The smallest absolute Gasteiger partial charge is 0.201 e. The van der Waals surface area contributed by atoms with Crippen LogP contribution in [-0.4, -0.2) is 21.1 Å². The van der Waals surface area contributed by atoms with Crippen LogP contribution in [-0.2, 0) is 0 Å². The highest BCUT2D eigenvalue weighted by Gasteiger charge is 2.24. The molecule has 0 amide bonds. The van der Waals surface area contributed by atoms with Gasteiger partial charge < -0.3 is 10.3 Å². The van der Waals surface area contributed by atoms with Crippen LogP contribution in [0.25, 0.3) is 11.0 Å². The maximum atomic E-state index is 6.10. The van der Waals surface area contributed by atoms with E-state index >= 15 is 0 Å². The maximum Gasteiger partial charge on any atom is 0.201 e. The third kappa shape index (κ3) is 2.43. The average Bonchev–Trinajstić information content (AvgIpc) is 2.74. The molecule has 0 bridgehead atoms. The largest absolute Gasteiger partial charge is 0.369 e. The lowest BCUT2D eigenvalue weighted by Crippen LogP contribution is -2.20. The number of thioether (sulfide) groups is 1. The second-order valence-corrected chi connectivity index (χ2v) is 6.71. The molecule has 0 spiro atoms. The summed E-state index contributed by atoms with van der Waals surface area (Å²) < 4.78 is 2.18. The van der Waals surface area contributed by atoms with E-state index < -0.39 is 0 Å². The van der Waals surface area contributed by atoms with Crippen LogP contribution in [0.5, 0.6) is 0 Å². The van der Waals surface area contributed by atoms with E-state index in [0.717, 1.165) is 21.3 Å². The summed E-state index contributed by atoms with van der Waals surface area (Å²) in [6, 6.07) is 6.25. The normalized spacial score (nSPS) is 23.9. The van der Waals surface area contributed by atoms with Crippen molar-refractivity contribution in [2.24, 2.45) is 0 Å². The van der Waals surface area contributed by atoms with Crippen molar-refractivity contribution in [3.63, 3.8) is 0 Å². The molecule has 5 heteroatoms. The molecule has 0 aliphatic heterocycles. The minimum Gasteiger partial charge on any atom is -0.369 e. The molecule has 1 heterocycles. The molecular weight excluding hydrogens is 278 g/mol. The molecule has 1 fully saturated rings. The number of fused-ring (bicyclic) bond motifs is 1. The lowest BCUT2D eigenvalue weighted by molar-refractivity contribution is 0.370. The maximum absolute atomic E-state index is 6.10. The zero-order valence-corrected chi connectivity index (χ0v) is 12.5.